The zero-order valence-electron chi connectivity index (χ0n) is 10.7. The highest BCUT2D eigenvalue weighted by molar-refractivity contribution is 5.77. The molecule has 0 bridgehead atoms. The highest BCUT2D eigenvalue weighted by Gasteiger charge is 2.10. The van der Waals surface area contributed by atoms with Crippen molar-refractivity contribution in [1.29, 1.82) is 0 Å². The monoisotopic (exact) mass is 244 g/mol. The summed E-state index contributed by atoms with van der Waals surface area (Å²) in [4.78, 5) is 2.52. The Morgan fingerprint density at radius 3 is 2.83 bits per heavy atom. The molecule has 0 atom stereocenters. The Labute approximate surface area is 108 Å². The minimum absolute atomic E-state index is 0.822. The molecule has 3 heteroatoms. The summed E-state index contributed by atoms with van der Waals surface area (Å²) in [5.74, 6) is 1.03. The van der Waals surface area contributed by atoms with Crippen LogP contribution in [0, 0.1) is 0 Å². The molecule has 1 saturated heterocycles. The van der Waals surface area contributed by atoms with Gasteiger partial charge < -0.3 is 14.6 Å². The van der Waals surface area contributed by atoms with Crippen molar-refractivity contribution >= 4 is 11.0 Å². The van der Waals surface area contributed by atoms with Gasteiger partial charge in [0, 0.05) is 18.5 Å². The fraction of sp³-hybridized carbons (Fsp3) is 0.467. The van der Waals surface area contributed by atoms with Crippen molar-refractivity contribution in [1.82, 2.24) is 10.2 Å². The van der Waals surface area contributed by atoms with Gasteiger partial charge in [-0.3, -0.25) is 0 Å². The van der Waals surface area contributed by atoms with Gasteiger partial charge in [0.1, 0.15) is 11.3 Å². The lowest BCUT2D eigenvalue weighted by Crippen LogP contribution is -2.29. The first-order valence-corrected chi connectivity index (χ1v) is 6.82. The minimum Gasteiger partial charge on any atom is -0.460 e. The number of nitrogens with one attached hydrogen (secondary N) is 1. The first-order valence-electron chi connectivity index (χ1n) is 6.82. The van der Waals surface area contributed by atoms with E-state index >= 15 is 0 Å². The molecule has 2 aromatic rings. The van der Waals surface area contributed by atoms with E-state index in [0.717, 1.165) is 31.0 Å². The number of nitrogens with zero attached hydrogens (tertiary/aromatic N) is 1. The molecule has 3 rings (SSSR count). The molecule has 96 valence electrons. The Kier molecular flexibility index (Phi) is 3.62. The zero-order chi connectivity index (χ0) is 12.2. The topological polar surface area (TPSA) is 28.4 Å². The van der Waals surface area contributed by atoms with Gasteiger partial charge in [0.25, 0.3) is 0 Å². The third-order valence-electron chi connectivity index (χ3n) is 3.58. The highest BCUT2D eigenvalue weighted by Crippen LogP contribution is 2.18. The van der Waals surface area contributed by atoms with Crippen LogP contribution in [0.3, 0.4) is 0 Å². The van der Waals surface area contributed by atoms with Crippen LogP contribution >= 0.6 is 0 Å². The number of benzene rings is 1. The van der Waals surface area contributed by atoms with E-state index in [9.17, 15) is 0 Å². The van der Waals surface area contributed by atoms with E-state index in [1.54, 1.807) is 0 Å². The lowest BCUT2D eigenvalue weighted by atomic mass is 10.2. The Bertz CT molecular complexity index is 467. The van der Waals surface area contributed by atoms with Crippen molar-refractivity contribution in [2.45, 2.75) is 19.4 Å². The third-order valence-corrected chi connectivity index (χ3v) is 3.58. The van der Waals surface area contributed by atoms with Gasteiger partial charge in [0.15, 0.2) is 0 Å². The highest BCUT2D eigenvalue weighted by atomic mass is 16.3. The largest absolute Gasteiger partial charge is 0.460 e. The molecule has 1 N–H and O–H groups in total. The predicted octanol–water partition coefficient (Wildman–Crippen LogP) is 2.62. The summed E-state index contributed by atoms with van der Waals surface area (Å²) in [6.07, 6.45) is 2.73. The summed E-state index contributed by atoms with van der Waals surface area (Å²) < 4.78 is 5.76. The molecular weight excluding hydrogens is 224 g/mol. The first-order chi connectivity index (χ1) is 8.92. The van der Waals surface area contributed by atoms with Crippen LogP contribution in [0.4, 0.5) is 0 Å². The van der Waals surface area contributed by atoms with Crippen molar-refractivity contribution in [2.75, 3.05) is 26.2 Å². The average Bonchev–Trinajstić information content (AvgIpc) is 3.03. The smallest absolute Gasteiger partial charge is 0.134 e. The molecule has 0 radical (unpaired) electrons. The SMILES string of the molecule is c1ccc2oc(CNCCN3CCCC3)cc2c1. The van der Waals surface area contributed by atoms with Gasteiger partial charge in [-0.15, -0.1) is 0 Å². The van der Waals surface area contributed by atoms with Crippen LogP contribution in [-0.4, -0.2) is 31.1 Å². The van der Waals surface area contributed by atoms with Gasteiger partial charge in [-0.05, 0) is 38.1 Å². The van der Waals surface area contributed by atoms with Gasteiger partial charge >= 0.3 is 0 Å². The lowest BCUT2D eigenvalue weighted by Gasteiger charge is -2.14. The molecule has 0 aliphatic carbocycles. The standard InChI is InChI=1S/C15H20N2O/c1-2-6-15-13(5-1)11-14(18-15)12-16-7-10-17-8-3-4-9-17/h1-2,5-6,11,16H,3-4,7-10,12H2. The Morgan fingerprint density at radius 2 is 2.00 bits per heavy atom. The van der Waals surface area contributed by atoms with E-state index in [4.69, 9.17) is 4.42 Å². The number of fused-ring (bicyclic) bond motifs is 1. The molecule has 0 unspecified atom stereocenters. The fourth-order valence-corrected chi connectivity index (χ4v) is 2.58. The Morgan fingerprint density at radius 1 is 1.17 bits per heavy atom. The molecule has 18 heavy (non-hydrogen) atoms. The number of furan rings is 1. The van der Waals surface area contributed by atoms with Crippen LogP contribution in [0.5, 0.6) is 0 Å². The molecule has 2 heterocycles. The van der Waals surface area contributed by atoms with E-state index < -0.39 is 0 Å². The zero-order valence-corrected chi connectivity index (χ0v) is 10.7. The molecule has 0 saturated carbocycles. The number of para-hydroxylation sites is 1. The van der Waals surface area contributed by atoms with Crippen LogP contribution in [0.1, 0.15) is 18.6 Å². The van der Waals surface area contributed by atoms with Gasteiger partial charge in [-0.1, -0.05) is 18.2 Å². The Hall–Kier alpha value is -1.32. The molecule has 1 aliphatic heterocycles. The second kappa shape index (κ2) is 5.55. The van der Waals surface area contributed by atoms with Gasteiger partial charge in [0.2, 0.25) is 0 Å². The van der Waals surface area contributed by atoms with Crippen molar-refractivity contribution in [3.63, 3.8) is 0 Å². The summed E-state index contributed by atoms with van der Waals surface area (Å²) in [6, 6.07) is 10.3. The molecule has 1 aromatic heterocycles. The van der Waals surface area contributed by atoms with Crippen LogP contribution in [-0.2, 0) is 6.54 Å². The minimum atomic E-state index is 0.822. The first kappa shape index (κ1) is 11.8. The van der Waals surface area contributed by atoms with E-state index in [1.165, 1.54) is 31.3 Å². The lowest BCUT2D eigenvalue weighted by molar-refractivity contribution is 0.333. The fourth-order valence-electron chi connectivity index (χ4n) is 2.58. The van der Waals surface area contributed by atoms with Crippen LogP contribution < -0.4 is 5.32 Å². The number of rotatable bonds is 5. The van der Waals surface area contributed by atoms with Crippen molar-refractivity contribution in [3.05, 3.63) is 36.1 Å². The van der Waals surface area contributed by atoms with Crippen molar-refractivity contribution < 1.29 is 4.42 Å². The van der Waals surface area contributed by atoms with Crippen LogP contribution in [0.15, 0.2) is 34.7 Å². The summed E-state index contributed by atoms with van der Waals surface area (Å²) >= 11 is 0. The molecule has 0 spiro atoms. The van der Waals surface area contributed by atoms with E-state index in [0.29, 0.717) is 0 Å². The van der Waals surface area contributed by atoms with Crippen molar-refractivity contribution in [2.24, 2.45) is 0 Å². The summed E-state index contributed by atoms with van der Waals surface area (Å²) in [5.41, 5.74) is 0.980. The van der Waals surface area contributed by atoms with E-state index in [1.807, 2.05) is 18.2 Å². The molecule has 1 aromatic carbocycles. The van der Waals surface area contributed by atoms with Gasteiger partial charge in [-0.25, -0.2) is 0 Å². The number of hydrogen-bond acceptors (Lipinski definition) is 3. The van der Waals surface area contributed by atoms with Gasteiger partial charge in [0.05, 0.1) is 6.54 Å². The molecule has 0 amide bonds. The van der Waals surface area contributed by atoms with E-state index in [-0.39, 0.29) is 0 Å². The van der Waals surface area contributed by atoms with Crippen LogP contribution in [0.2, 0.25) is 0 Å². The second-order valence-corrected chi connectivity index (χ2v) is 4.98. The summed E-state index contributed by atoms with van der Waals surface area (Å²) in [5, 5.41) is 4.64. The number of likely N-dealkylation sites (tertiary alicyclic amines) is 1. The normalized spacial score (nSPS) is 16.7. The van der Waals surface area contributed by atoms with E-state index in [2.05, 4.69) is 22.3 Å². The van der Waals surface area contributed by atoms with Gasteiger partial charge in [-0.2, -0.15) is 0 Å². The predicted molar refractivity (Wildman–Crippen MR) is 73.6 cm³/mol. The Balaban J connectivity index is 1.47. The maximum atomic E-state index is 5.76. The summed E-state index contributed by atoms with van der Waals surface area (Å²) in [6.45, 7) is 5.55. The second-order valence-electron chi connectivity index (χ2n) is 4.98. The molecular formula is C15H20N2O. The van der Waals surface area contributed by atoms with Crippen LogP contribution in [0.25, 0.3) is 11.0 Å². The maximum Gasteiger partial charge on any atom is 0.134 e. The molecule has 3 nitrogen and oxygen atoms in total. The molecule has 1 fully saturated rings. The summed E-state index contributed by atoms with van der Waals surface area (Å²) in [7, 11) is 0. The quantitative estimate of drug-likeness (QED) is 0.820. The number of hydrogen-bond donors (Lipinski definition) is 1. The van der Waals surface area contributed by atoms with Crippen molar-refractivity contribution in [3.8, 4) is 0 Å². The third kappa shape index (κ3) is 2.74. The maximum absolute atomic E-state index is 5.76. The average molecular weight is 244 g/mol. The molecule has 1 aliphatic rings.